The van der Waals surface area contributed by atoms with E-state index < -0.39 is 19.1 Å². The van der Waals surface area contributed by atoms with Crippen LogP contribution in [-0.4, -0.2) is 58.3 Å². The molecule has 8 heteroatoms. The molecule has 1 saturated heterocycles. The van der Waals surface area contributed by atoms with Crippen molar-refractivity contribution in [2.24, 2.45) is 0 Å². The molecular formula is C15H18BNO6. The van der Waals surface area contributed by atoms with Gasteiger partial charge in [-0.15, -0.1) is 0 Å². The monoisotopic (exact) mass is 319 g/mol. The van der Waals surface area contributed by atoms with Gasteiger partial charge in [0.25, 0.3) is 0 Å². The van der Waals surface area contributed by atoms with Crippen molar-refractivity contribution >= 4 is 24.5 Å². The Bertz CT molecular complexity index is 590. The first-order chi connectivity index (χ1) is 10.9. The molecule has 0 spiro atoms. The molecule has 0 saturated carbocycles. The highest BCUT2D eigenvalue weighted by atomic mass is 16.6. The van der Waals surface area contributed by atoms with Gasteiger partial charge in [-0.2, -0.15) is 0 Å². The summed E-state index contributed by atoms with van der Waals surface area (Å²) in [5.74, 6) is 0.0921. The molecule has 1 fully saturated rings. The first-order valence-corrected chi connectivity index (χ1v) is 6.92. The number of carbonyl (C=O) groups is 2. The molecule has 0 amide bonds. The fourth-order valence-electron chi connectivity index (χ4n) is 2.11. The standard InChI is InChI=1S/C15H18BNO6/c1-10(11-5-12(20-3)7-13(6-11)21-4)16-22-14(18)8-17(2)9-15(19)23-16/h5-7H,1,8-9H2,2-4H3. The molecule has 0 radical (unpaired) electrons. The number of ether oxygens (including phenoxy) is 2. The molecule has 0 aliphatic carbocycles. The zero-order chi connectivity index (χ0) is 17.0. The molecule has 1 heterocycles. The molecule has 0 unspecified atom stereocenters. The van der Waals surface area contributed by atoms with Crippen molar-refractivity contribution in [3.8, 4) is 11.5 Å². The second-order valence-electron chi connectivity index (χ2n) is 5.11. The molecule has 0 aromatic heterocycles. The molecule has 1 aromatic carbocycles. The maximum absolute atomic E-state index is 11.8. The molecule has 1 aliphatic rings. The van der Waals surface area contributed by atoms with Crippen LogP contribution in [0.15, 0.2) is 24.8 Å². The van der Waals surface area contributed by atoms with Crippen LogP contribution in [0.2, 0.25) is 0 Å². The molecule has 23 heavy (non-hydrogen) atoms. The molecule has 0 bridgehead atoms. The fraction of sp³-hybridized carbons (Fsp3) is 0.333. The van der Waals surface area contributed by atoms with Crippen LogP contribution in [0.1, 0.15) is 5.56 Å². The van der Waals surface area contributed by atoms with Crippen molar-refractivity contribution in [3.05, 3.63) is 30.3 Å². The van der Waals surface area contributed by atoms with Crippen molar-refractivity contribution in [2.45, 2.75) is 0 Å². The van der Waals surface area contributed by atoms with E-state index in [9.17, 15) is 9.59 Å². The number of methoxy groups -OCH3 is 2. The highest BCUT2D eigenvalue weighted by Gasteiger charge is 2.35. The summed E-state index contributed by atoms with van der Waals surface area (Å²) in [6, 6.07) is 5.08. The summed E-state index contributed by atoms with van der Waals surface area (Å²) in [6.45, 7) is 3.88. The smallest absolute Gasteiger partial charge is 0.497 e. The molecule has 7 nitrogen and oxygen atoms in total. The van der Waals surface area contributed by atoms with Crippen LogP contribution in [-0.2, 0) is 18.9 Å². The predicted octanol–water partition coefficient (Wildman–Crippen LogP) is 0.776. The number of hydrogen-bond donors (Lipinski definition) is 0. The lowest BCUT2D eigenvalue weighted by Crippen LogP contribution is -2.42. The van der Waals surface area contributed by atoms with Crippen molar-refractivity contribution in [2.75, 3.05) is 34.4 Å². The largest absolute Gasteiger partial charge is 0.636 e. The van der Waals surface area contributed by atoms with E-state index in [1.807, 2.05) is 0 Å². The molecular weight excluding hydrogens is 301 g/mol. The summed E-state index contributed by atoms with van der Waals surface area (Å²) in [7, 11) is 3.49. The lowest BCUT2D eigenvalue weighted by atomic mass is 9.74. The van der Waals surface area contributed by atoms with Gasteiger partial charge in [0.05, 0.1) is 27.3 Å². The average molecular weight is 319 g/mol. The van der Waals surface area contributed by atoms with Crippen LogP contribution < -0.4 is 9.47 Å². The quantitative estimate of drug-likeness (QED) is 0.759. The van der Waals surface area contributed by atoms with Crippen molar-refractivity contribution in [3.63, 3.8) is 0 Å². The molecule has 1 aromatic rings. The zero-order valence-corrected chi connectivity index (χ0v) is 13.3. The maximum Gasteiger partial charge on any atom is 0.636 e. The summed E-state index contributed by atoms with van der Waals surface area (Å²) >= 11 is 0. The predicted molar refractivity (Wildman–Crippen MR) is 84.0 cm³/mol. The number of hydrogen-bond acceptors (Lipinski definition) is 7. The van der Waals surface area contributed by atoms with Crippen LogP contribution in [0.5, 0.6) is 11.5 Å². The van der Waals surface area contributed by atoms with Crippen molar-refractivity contribution < 1.29 is 28.4 Å². The molecule has 0 atom stereocenters. The Balaban J connectivity index is 2.27. The van der Waals surface area contributed by atoms with Crippen LogP contribution in [0, 0.1) is 0 Å². The van der Waals surface area contributed by atoms with E-state index in [1.165, 1.54) is 19.1 Å². The van der Waals surface area contributed by atoms with Crippen LogP contribution >= 0.6 is 0 Å². The minimum absolute atomic E-state index is 0.000309. The van der Waals surface area contributed by atoms with Gasteiger partial charge in [-0.05, 0) is 24.7 Å². The Morgan fingerprint density at radius 3 is 2.00 bits per heavy atom. The van der Waals surface area contributed by atoms with Gasteiger partial charge in [-0.1, -0.05) is 6.58 Å². The van der Waals surface area contributed by atoms with E-state index in [0.29, 0.717) is 22.5 Å². The van der Waals surface area contributed by atoms with Gasteiger partial charge in [0.15, 0.2) is 0 Å². The van der Waals surface area contributed by atoms with Gasteiger partial charge in [0.2, 0.25) is 0 Å². The lowest BCUT2D eigenvalue weighted by molar-refractivity contribution is -0.145. The van der Waals surface area contributed by atoms with Gasteiger partial charge >= 0.3 is 19.1 Å². The molecule has 2 rings (SSSR count). The van der Waals surface area contributed by atoms with Crippen molar-refractivity contribution in [1.82, 2.24) is 4.90 Å². The maximum atomic E-state index is 11.8. The Morgan fingerprint density at radius 2 is 1.57 bits per heavy atom. The van der Waals surface area contributed by atoms with Gasteiger partial charge in [-0.3, -0.25) is 14.5 Å². The normalized spacial score (nSPS) is 16.0. The third-order valence-corrected chi connectivity index (χ3v) is 3.28. The SMILES string of the molecule is C=C(B1OC(=O)CN(C)CC(=O)O1)c1cc(OC)cc(OC)c1. The van der Waals surface area contributed by atoms with E-state index in [2.05, 4.69) is 6.58 Å². The number of carbonyl (C=O) groups excluding carboxylic acids is 2. The van der Waals surface area contributed by atoms with Gasteiger partial charge in [0, 0.05) is 11.5 Å². The van der Waals surface area contributed by atoms with Gasteiger partial charge in [-0.25, -0.2) is 0 Å². The first-order valence-electron chi connectivity index (χ1n) is 6.92. The number of likely N-dealkylation sites (N-methyl/N-ethyl adjacent to an activating group) is 1. The highest BCUT2D eigenvalue weighted by Crippen LogP contribution is 2.28. The number of rotatable bonds is 4. The van der Waals surface area contributed by atoms with E-state index in [1.54, 1.807) is 25.2 Å². The summed E-state index contributed by atoms with van der Waals surface area (Å²) < 4.78 is 20.8. The summed E-state index contributed by atoms with van der Waals surface area (Å²) in [4.78, 5) is 25.1. The van der Waals surface area contributed by atoms with E-state index in [4.69, 9.17) is 18.8 Å². The molecule has 1 aliphatic heterocycles. The first kappa shape index (κ1) is 16.9. The third-order valence-electron chi connectivity index (χ3n) is 3.28. The van der Waals surface area contributed by atoms with E-state index >= 15 is 0 Å². The number of nitrogens with zero attached hydrogens (tertiary/aromatic N) is 1. The second kappa shape index (κ2) is 7.19. The highest BCUT2D eigenvalue weighted by molar-refractivity contribution is 6.70. The second-order valence-corrected chi connectivity index (χ2v) is 5.11. The van der Waals surface area contributed by atoms with Gasteiger partial charge < -0.3 is 18.8 Å². The summed E-state index contributed by atoms with van der Waals surface area (Å²) in [5, 5.41) is 0. The molecule has 122 valence electrons. The van der Waals surface area contributed by atoms with E-state index in [-0.39, 0.29) is 13.1 Å². The molecule has 0 N–H and O–H groups in total. The third kappa shape index (κ3) is 4.26. The van der Waals surface area contributed by atoms with Crippen LogP contribution in [0.4, 0.5) is 0 Å². The minimum Gasteiger partial charge on any atom is -0.497 e. The van der Waals surface area contributed by atoms with Gasteiger partial charge in [0.1, 0.15) is 11.5 Å². The lowest BCUT2D eigenvalue weighted by Gasteiger charge is -2.23. The fourth-order valence-corrected chi connectivity index (χ4v) is 2.11. The Labute approximate surface area is 134 Å². The Kier molecular flexibility index (Phi) is 5.28. The topological polar surface area (TPSA) is 74.3 Å². The van der Waals surface area contributed by atoms with E-state index in [0.717, 1.165) is 0 Å². The zero-order valence-electron chi connectivity index (χ0n) is 13.3. The Hall–Kier alpha value is -2.48. The summed E-state index contributed by atoms with van der Waals surface area (Å²) in [6.07, 6.45) is 0. The van der Waals surface area contributed by atoms with Crippen LogP contribution in [0.3, 0.4) is 0 Å². The summed E-state index contributed by atoms with van der Waals surface area (Å²) in [5.41, 5.74) is 0.911. The number of benzene rings is 1. The Morgan fingerprint density at radius 1 is 1.09 bits per heavy atom. The average Bonchev–Trinajstić information content (AvgIpc) is 2.51. The minimum atomic E-state index is -1.18. The van der Waals surface area contributed by atoms with Crippen molar-refractivity contribution in [1.29, 1.82) is 0 Å². The van der Waals surface area contributed by atoms with Crippen LogP contribution in [0.25, 0.3) is 5.47 Å².